The van der Waals surface area contributed by atoms with Crippen LogP contribution < -0.4 is 0 Å². The zero-order valence-electron chi connectivity index (χ0n) is 15.1. The third-order valence-corrected chi connectivity index (χ3v) is 7.02. The van der Waals surface area contributed by atoms with Crippen LogP contribution in [0.1, 0.15) is 51.4 Å². The van der Waals surface area contributed by atoms with Gasteiger partial charge in [0.25, 0.3) is 0 Å². The second kappa shape index (κ2) is 10.0. The van der Waals surface area contributed by atoms with E-state index in [1.807, 2.05) is 11.8 Å². The SMILES string of the molecule is O=C(CCC1CCCCC1)N1CCCSCC1CN1CCOCC1. The van der Waals surface area contributed by atoms with Crippen molar-refractivity contribution in [2.24, 2.45) is 5.92 Å². The van der Waals surface area contributed by atoms with Crippen LogP contribution in [-0.4, -0.2) is 72.6 Å². The Morgan fingerprint density at radius 3 is 2.62 bits per heavy atom. The van der Waals surface area contributed by atoms with Crippen LogP contribution in [0.2, 0.25) is 0 Å². The van der Waals surface area contributed by atoms with Crippen molar-refractivity contribution in [2.75, 3.05) is 50.9 Å². The first-order valence-electron chi connectivity index (χ1n) is 10.0. The Labute approximate surface area is 151 Å². The number of hydrogen-bond acceptors (Lipinski definition) is 4. The molecule has 0 aromatic heterocycles. The number of morpholine rings is 1. The van der Waals surface area contributed by atoms with Gasteiger partial charge in [0, 0.05) is 38.4 Å². The second-order valence-electron chi connectivity index (χ2n) is 7.63. The highest BCUT2D eigenvalue weighted by Crippen LogP contribution is 2.28. The van der Waals surface area contributed by atoms with Gasteiger partial charge in [-0.05, 0) is 24.5 Å². The molecule has 1 atom stereocenters. The lowest BCUT2D eigenvalue weighted by atomic mass is 9.86. The summed E-state index contributed by atoms with van der Waals surface area (Å²) >= 11 is 2.03. The van der Waals surface area contributed by atoms with E-state index in [1.165, 1.54) is 37.9 Å². The molecule has 2 heterocycles. The van der Waals surface area contributed by atoms with Gasteiger partial charge in [0.2, 0.25) is 5.91 Å². The van der Waals surface area contributed by atoms with E-state index in [2.05, 4.69) is 9.80 Å². The minimum Gasteiger partial charge on any atom is -0.379 e. The van der Waals surface area contributed by atoms with Crippen LogP contribution in [0, 0.1) is 5.92 Å². The normalized spacial score (nSPS) is 27.8. The summed E-state index contributed by atoms with van der Waals surface area (Å²) in [6.45, 7) is 5.72. The fraction of sp³-hybridized carbons (Fsp3) is 0.947. The van der Waals surface area contributed by atoms with Gasteiger partial charge in [0.15, 0.2) is 0 Å². The van der Waals surface area contributed by atoms with Crippen molar-refractivity contribution in [3.8, 4) is 0 Å². The van der Waals surface area contributed by atoms with E-state index in [9.17, 15) is 4.79 Å². The first-order valence-corrected chi connectivity index (χ1v) is 11.2. The molecule has 1 saturated carbocycles. The predicted octanol–water partition coefficient (Wildman–Crippen LogP) is 3.01. The number of hydrogen-bond donors (Lipinski definition) is 0. The predicted molar refractivity (Wildman–Crippen MR) is 101 cm³/mol. The molecule has 2 saturated heterocycles. The maximum Gasteiger partial charge on any atom is 0.222 e. The number of nitrogens with zero attached hydrogens (tertiary/aromatic N) is 2. The zero-order chi connectivity index (χ0) is 16.6. The van der Waals surface area contributed by atoms with Gasteiger partial charge in [-0.25, -0.2) is 0 Å². The minimum absolute atomic E-state index is 0.398. The van der Waals surface area contributed by atoms with Crippen LogP contribution in [0.15, 0.2) is 0 Å². The van der Waals surface area contributed by atoms with Gasteiger partial charge in [0.05, 0.1) is 19.3 Å². The maximum absolute atomic E-state index is 12.9. The van der Waals surface area contributed by atoms with E-state index >= 15 is 0 Å². The molecular weight excluding hydrogens is 320 g/mol. The van der Waals surface area contributed by atoms with Gasteiger partial charge in [-0.15, -0.1) is 0 Å². The monoisotopic (exact) mass is 354 g/mol. The van der Waals surface area contributed by atoms with Crippen molar-refractivity contribution < 1.29 is 9.53 Å². The lowest BCUT2D eigenvalue weighted by molar-refractivity contribution is -0.134. The highest BCUT2D eigenvalue weighted by atomic mass is 32.2. The van der Waals surface area contributed by atoms with Crippen molar-refractivity contribution in [1.82, 2.24) is 9.80 Å². The van der Waals surface area contributed by atoms with E-state index in [0.29, 0.717) is 11.9 Å². The first kappa shape index (κ1) is 18.5. The van der Waals surface area contributed by atoms with E-state index in [4.69, 9.17) is 4.74 Å². The van der Waals surface area contributed by atoms with Crippen LogP contribution in [0.3, 0.4) is 0 Å². The Morgan fingerprint density at radius 2 is 1.83 bits per heavy atom. The average Bonchev–Trinajstić information content (AvgIpc) is 2.87. The molecule has 0 N–H and O–H groups in total. The van der Waals surface area contributed by atoms with Crippen molar-refractivity contribution in [3.63, 3.8) is 0 Å². The van der Waals surface area contributed by atoms with Gasteiger partial charge in [0.1, 0.15) is 0 Å². The van der Waals surface area contributed by atoms with E-state index in [1.54, 1.807) is 0 Å². The van der Waals surface area contributed by atoms with Crippen LogP contribution in [0.5, 0.6) is 0 Å². The van der Waals surface area contributed by atoms with Crippen molar-refractivity contribution >= 4 is 17.7 Å². The summed E-state index contributed by atoms with van der Waals surface area (Å²) in [7, 11) is 0. The molecule has 2 aliphatic heterocycles. The molecule has 0 aromatic rings. The van der Waals surface area contributed by atoms with Crippen LogP contribution in [0.4, 0.5) is 0 Å². The molecule has 1 aliphatic carbocycles. The second-order valence-corrected chi connectivity index (χ2v) is 8.77. The molecular formula is C19H34N2O2S. The Balaban J connectivity index is 1.51. The van der Waals surface area contributed by atoms with Gasteiger partial charge >= 0.3 is 0 Å². The van der Waals surface area contributed by atoms with Crippen LogP contribution in [-0.2, 0) is 9.53 Å². The summed E-state index contributed by atoms with van der Waals surface area (Å²) in [6, 6.07) is 0.398. The molecule has 0 spiro atoms. The largest absolute Gasteiger partial charge is 0.379 e. The summed E-state index contributed by atoms with van der Waals surface area (Å²) in [5.41, 5.74) is 0. The average molecular weight is 355 g/mol. The molecule has 0 aromatic carbocycles. The lowest BCUT2D eigenvalue weighted by Gasteiger charge is -2.36. The summed E-state index contributed by atoms with van der Waals surface area (Å²) in [6.07, 6.45) is 9.88. The third kappa shape index (κ3) is 5.63. The quantitative estimate of drug-likeness (QED) is 0.760. The summed E-state index contributed by atoms with van der Waals surface area (Å²) < 4.78 is 5.47. The van der Waals surface area contributed by atoms with Crippen LogP contribution >= 0.6 is 11.8 Å². The molecule has 4 nitrogen and oxygen atoms in total. The number of ether oxygens (including phenoxy) is 1. The molecule has 0 bridgehead atoms. The molecule has 3 rings (SSSR count). The fourth-order valence-electron chi connectivity index (χ4n) is 4.34. The highest BCUT2D eigenvalue weighted by Gasteiger charge is 2.28. The Morgan fingerprint density at radius 1 is 1.04 bits per heavy atom. The number of rotatable bonds is 5. The Kier molecular flexibility index (Phi) is 7.74. The molecule has 5 heteroatoms. The number of thioether (sulfide) groups is 1. The molecule has 1 unspecified atom stereocenters. The fourth-order valence-corrected chi connectivity index (χ4v) is 5.39. The smallest absolute Gasteiger partial charge is 0.222 e. The molecule has 0 radical (unpaired) electrons. The van der Waals surface area contributed by atoms with E-state index in [0.717, 1.165) is 70.3 Å². The van der Waals surface area contributed by atoms with Gasteiger partial charge in [-0.1, -0.05) is 32.1 Å². The molecule has 1 amide bonds. The van der Waals surface area contributed by atoms with Crippen LogP contribution in [0.25, 0.3) is 0 Å². The van der Waals surface area contributed by atoms with Gasteiger partial charge in [-0.3, -0.25) is 9.69 Å². The maximum atomic E-state index is 12.9. The summed E-state index contributed by atoms with van der Waals surface area (Å²) in [5, 5.41) is 0. The van der Waals surface area contributed by atoms with Gasteiger partial charge < -0.3 is 9.64 Å². The lowest BCUT2D eigenvalue weighted by Crippen LogP contribution is -2.50. The molecule has 24 heavy (non-hydrogen) atoms. The number of carbonyl (C=O) groups excluding carboxylic acids is 1. The van der Waals surface area contributed by atoms with Crippen molar-refractivity contribution in [2.45, 2.75) is 57.4 Å². The standard InChI is InChI=1S/C19H34N2O2S/c22-19(8-7-17-5-2-1-3-6-17)21-9-4-14-24-16-18(21)15-20-10-12-23-13-11-20/h17-18H,1-16H2. The third-order valence-electron chi connectivity index (χ3n) is 5.82. The van der Waals surface area contributed by atoms with E-state index < -0.39 is 0 Å². The summed E-state index contributed by atoms with van der Waals surface area (Å²) in [4.78, 5) is 17.6. The Bertz CT molecular complexity index is 382. The molecule has 138 valence electrons. The first-order chi connectivity index (χ1) is 11.8. The number of carbonyl (C=O) groups is 1. The highest BCUT2D eigenvalue weighted by molar-refractivity contribution is 7.99. The zero-order valence-corrected chi connectivity index (χ0v) is 15.9. The summed E-state index contributed by atoms with van der Waals surface area (Å²) in [5.74, 6) is 3.53. The minimum atomic E-state index is 0.398. The van der Waals surface area contributed by atoms with Crippen molar-refractivity contribution in [1.29, 1.82) is 0 Å². The van der Waals surface area contributed by atoms with Gasteiger partial charge in [-0.2, -0.15) is 11.8 Å². The Hall–Kier alpha value is -0.260. The molecule has 3 aliphatic rings. The molecule has 3 fully saturated rings. The number of amides is 1. The topological polar surface area (TPSA) is 32.8 Å². The van der Waals surface area contributed by atoms with Crippen molar-refractivity contribution in [3.05, 3.63) is 0 Å². The van der Waals surface area contributed by atoms with E-state index in [-0.39, 0.29) is 0 Å².